The van der Waals surface area contributed by atoms with Gasteiger partial charge >= 0.3 is 6.18 Å². The highest BCUT2D eigenvalue weighted by Crippen LogP contribution is 2.30. The number of halogens is 3. The molecule has 1 aromatic heterocycles. The summed E-state index contributed by atoms with van der Waals surface area (Å²) in [7, 11) is 0. The Morgan fingerprint density at radius 2 is 2.04 bits per heavy atom. The third kappa shape index (κ3) is 7.43. The van der Waals surface area contributed by atoms with Gasteiger partial charge in [0, 0.05) is 29.6 Å². The van der Waals surface area contributed by atoms with E-state index < -0.39 is 11.9 Å². The van der Waals surface area contributed by atoms with E-state index in [1.165, 1.54) is 0 Å². The van der Waals surface area contributed by atoms with Crippen LogP contribution in [0, 0.1) is 0 Å². The highest BCUT2D eigenvalue weighted by molar-refractivity contribution is 7.99. The first-order valence-corrected chi connectivity index (χ1v) is 9.37. The van der Waals surface area contributed by atoms with E-state index in [1.54, 1.807) is 11.8 Å². The molecule has 2 N–H and O–H groups in total. The Labute approximate surface area is 143 Å². The second-order valence-corrected chi connectivity index (χ2v) is 7.92. The molecule has 0 bridgehead atoms. The topological polar surface area (TPSA) is 49.3 Å². The molecule has 0 aliphatic carbocycles. The number of rotatable bonds is 7. The molecule has 0 saturated heterocycles. The monoisotopic (exact) mass is 368 g/mol. The number of aliphatic imine (C=N–C) groups is 1. The van der Waals surface area contributed by atoms with Crippen LogP contribution < -0.4 is 10.6 Å². The van der Waals surface area contributed by atoms with E-state index in [4.69, 9.17) is 0 Å². The summed E-state index contributed by atoms with van der Waals surface area (Å²) in [4.78, 5) is 8.12. The molecule has 0 radical (unpaired) electrons. The predicted molar refractivity (Wildman–Crippen MR) is 92.4 cm³/mol. The minimum absolute atomic E-state index is 0.0409. The van der Waals surface area contributed by atoms with Gasteiger partial charge in [0.25, 0.3) is 0 Å². The average molecular weight is 368 g/mol. The van der Waals surface area contributed by atoms with Crippen LogP contribution in [-0.2, 0) is 12.6 Å². The van der Waals surface area contributed by atoms with Gasteiger partial charge in [0.2, 0.25) is 0 Å². The molecule has 1 heterocycles. The van der Waals surface area contributed by atoms with E-state index in [-0.39, 0.29) is 4.75 Å². The van der Waals surface area contributed by atoms with E-state index in [0.717, 1.165) is 23.3 Å². The summed E-state index contributed by atoms with van der Waals surface area (Å²) in [6.07, 6.45) is -1.91. The second-order valence-electron chi connectivity index (χ2n) is 5.46. The van der Waals surface area contributed by atoms with E-state index in [0.29, 0.717) is 30.5 Å². The van der Waals surface area contributed by atoms with Gasteiger partial charge in [-0.2, -0.15) is 24.9 Å². The Morgan fingerprint density at radius 1 is 1.35 bits per heavy atom. The molecule has 9 heteroatoms. The highest BCUT2D eigenvalue weighted by atomic mass is 32.2. The van der Waals surface area contributed by atoms with Crippen molar-refractivity contribution < 1.29 is 13.2 Å². The quantitative estimate of drug-likeness (QED) is 0.572. The summed E-state index contributed by atoms with van der Waals surface area (Å²) in [6.45, 7) is 8.04. The molecule has 0 unspecified atom stereocenters. The summed E-state index contributed by atoms with van der Waals surface area (Å²) >= 11 is 2.76. The Kier molecular flexibility index (Phi) is 7.66. The molecular formula is C14H23F3N4S2. The van der Waals surface area contributed by atoms with E-state index in [2.05, 4.69) is 34.5 Å². The number of guanidine groups is 1. The van der Waals surface area contributed by atoms with Gasteiger partial charge < -0.3 is 10.6 Å². The molecule has 0 aliphatic rings. The lowest BCUT2D eigenvalue weighted by Gasteiger charge is -2.20. The van der Waals surface area contributed by atoms with Gasteiger partial charge in [-0.05, 0) is 27.0 Å². The lowest BCUT2D eigenvalue weighted by Crippen LogP contribution is -2.39. The van der Waals surface area contributed by atoms with Gasteiger partial charge in [-0.3, -0.25) is 4.99 Å². The second kappa shape index (κ2) is 8.77. The smallest absolute Gasteiger partial charge is 0.357 e. The van der Waals surface area contributed by atoms with Crippen LogP contribution in [0.1, 0.15) is 31.5 Å². The van der Waals surface area contributed by atoms with Crippen LogP contribution in [0.2, 0.25) is 0 Å². The maximum Gasteiger partial charge on any atom is 0.434 e. The Balaban J connectivity index is 2.53. The molecule has 0 atom stereocenters. The van der Waals surface area contributed by atoms with Gasteiger partial charge in [0.1, 0.15) is 0 Å². The van der Waals surface area contributed by atoms with Gasteiger partial charge in [-0.1, -0.05) is 0 Å². The van der Waals surface area contributed by atoms with Crippen molar-refractivity contribution in [2.75, 3.05) is 25.9 Å². The molecule has 0 amide bonds. The fourth-order valence-corrected chi connectivity index (χ4v) is 2.52. The lowest BCUT2D eigenvalue weighted by atomic mass is 10.2. The van der Waals surface area contributed by atoms with Gasteiger partial charge in [-0.25, -0.2) is 4.98 Å². The molecule has 0 aliphatic heterocycles. The summed E-state index contributed by atoms with van der Waals surface area (Å²) in [5.41, 5.74) is -0.820. The molecule has 1 aromatic rings. The van der Waals surface area contributed by atoms with Crippen LogP contribution in [-0.4, -0.2) is 41.6 Å². The third-order valence-electron chi connectivity index (χ3n) is 2.99. The number of thiazole rings is 1. The zero-order valence-corrected chi connectivity index (χ0v) is 15.4. The van der Waals surface area contributed by atoms with Crippen molar-refractivity contribution in [2.24, 2.45) is 4.99 Å². The summed E-state index contributed by atoms with van der Waals surface area (Å²) in [5.74, 6) is 0.669. The number of alkyl halides is 3. The first kappa shape index (κ1) is 20.1. The van der Waals surface area contributed by atoms with Crippen LogP contribution in [0.15, 0.2) is 10.4 Å². The maximum absolute atomic E-state index is 12.5. The average Bonchev–Trinajstić information content (AvgIpc) is 2.94. The van der Waals surface area contributed by atoms with E-state index >= 15 is 0 Å². The van der Waals surface area contributed by atoms with Gasteiger partial charge in [0.05, 0.1) is 11.6 Å². The fourth-order valence-electron chi connectivity index (χ4n) is 1.52. The first-order valence-electron chi connectivity index (χ1n) is 7.27. The van der Waals surface area contributed by atoms with Gasteiger partial charge in [-0.15, -0.1) is 11.3 Å². The van der Waals surface area contributed by atoms with Crippen molar-refractivity contribution in [3.05, 3.63) is 16.1 Å². The summed E-state index contributed by atoms with van der Waals surface area (Å²) in [5, 5.41) is 7.77. The minimum atomic E-state index is -4.37. The Bertz CT molecular complexity index is 512. The molecule has 0 fully saturated rings. The number of nitrogens with zero attached hydrogens (tertiary/aromatic N) is 2. The van der Waals surface area contributed by atoms with Gasteiger partial charge in [0.15, 0.2) is 11.7 Å². The largest absolute Gasteiger partial charge is 0.434 e. The van der Waals surface area contributed by atoms with Crippen LogP contribution in [0.5, 0.6) is 0 Å². The van der Waals surface area contributed by atoms with Crippen molar-refractivity contribution >= 4 is 29.1 Å². The highest BCUT2D eigenvalue weighted by Gasteiger charge is 2.33. The molecule has 4 nitrogen and oxygen atoms in total. The minimum Gasteiger partial charge on any atom is -0.357 e. The summed E-state index contributed by atoms with van der Waals surface area (Å²) in [6, 6.07) is 0. The van der Waals surface area contributed by atoms with E-state index in [9.17, 15) is 13.2 Å². The molecule has 0 saturated carbocycles. The van der Waals surface area contributed by atoms with Crippen molar-refractivity contribution in [1.29, 1.82) is 0 Å². The van der Waals surface area contributed by atoms with Crippen LogP contribution >= 0.6 is 23.1 Å². The van der Waals surface area contributed by atoms with Crippen LogP contribution in [0.4, 0.5) is 13.2 Å². The van der Waals surface area contributed by atoms with Crippen LogP contribution in [0.3, 0.4) is 0 Å². The Hall–Kier alpha value is -0.960. The number of hydrogen-bond donors (Lipinski definition) is 2. The molecule has 132 valence electrons. The zero-order chi connectivity index (χ0) is 17.5. The lowest BCUT2D eigenvalue weighted by molar-refractivity contribution is -0.140. The third-order valence-corrected chi connectivity index (χ3v) is 5.13. The SMILES string of the molecule is CCNC(=NCC(C)(C)SC)NCCc1nc(C(F)(F)F)cs1. The first-order chi connectivity index (χ1) is 10.7. The number of thioether (sulfide) groups is 1. The molecule has 0 spiro atoms. The Morgan fingerprint density at radius 3 is 2.57 bits per heavy atom. The maximum atomic E-state index is 12.5. The summed E-state index contributed by atoms with van der Waals surface area (Å²) < 4.78 is 37.5. The normalized spacial score (nSPS) is 13.3. The van der Waals surface area contributed by atoms with Crippen molar-refractivity contribution in [2.45, 2.75) is 38.1 Å². The predicted octanol–water partition coefficient (Wildman–Crippen LogP) is 3.40. The standard InChI is InChI=1S/C14H23F3N4S2/c1-5-18-12(20-9-13(2,3)22-4)19-7-6-11-21-10(8-23-11)14(15,16)17/h8H,5-7,9H2,1-4H3,(H2,18,19,20). The molecular weight excluding hydrogens is 345 g/mol. The van der Waals surface area contributed by atoms with Crippen LogP contribution in [0.25, 0.3) is 0 Å². The molecule has 23 heavy (non-hydrogen) atoms. The zero-order valence-electron chi connectivity index (χ0n) is 13.8. The fraction of sp³-hybridized carbons (Fsp3) is 0.714. The van der Waals surface area contributed by atoms with Crippen molar-refractivity contribution in [3.8, 4) is 0 Å². The van der Waals surface area contributed by atoms with Crippen molar-refractivity contribution in [3.63, 3.8) is 0 Å². The molecule has 1 rings (SSSR count). The number of aromatic nitrogens is 1. The van der Waals surface area contributed by atoms with E-state index in [1.807, 2.05) is 13.2 Å². The number of nitrogens with one attached hydrogen (secondary N) is 2. The molecule has 0 aromatic carbocycles. The number of hydrogen-bond acceptors (Lipinski definition) is 4. The van der Waals surface area contributed by atoms with Crippen molar-refractivity contribution in [1.82, 2.24) is 15.6 Å².